The maximum atomic E-state index is 14.0. The lowest BCUT2D eigenvalue weighted by molar-refractivity contribution is -0.136. The van der Waals surface area contributed by atoms with Crippen molar-refractivity contribution in [3.63, 3.8) is 0 Å². The zero-order chi connectivity index (χ0) is 29.7. The molecule has 2 aromatic carbocycles. The smallest absolute Gasteiger partial charge is 0.410 e. The van der Waals surface area contributed by atoms with Gasteiger partial charge in [0.2, 0.25) is 5.91 Å². The summed E-state index contributed by atoms with van der Waals surface area (Å²) in [6.45, 7) is 6.88. The summed E-state index contributed by atoms with van der Waals surface area (Å²) in [5.41, 5.74) is 2.94. The van der Waals surface area contributed by atoms with Gasteiger partial charge in [0, 0.05) is 42.7 Å². The van der Waals surface area contributed by atoms with E-state index in [2.05, 4.69) is 5.32 Å². The van der Waals surface area contributed by atoms with Gasteiger partial charge < -0.3 is 15.0 Å². The minimum absolute atomic E-state index is 0.0699. The van der Waals surface area contributed by atoms with Crippen LogP contribution < -0.4 is 5.32 Å². The van der Waals surface area contributed by atoms with E-state index in [-0.39, 0.29) is 24.9 Å². The van der Waals surface area contributed by atoms with Crippen molar-refractivity contribution in [3.8, 4) is 11.3 Å². The second-order valence-electron chi connectivity index (χ2n) is 12.5. The first-order chi connectivity index (χ1) is 20.2. The number of amides is 3. The lowest BCUT2D eigenvalue weighted by atomic mass is 9.87. The Morgan fingerprint density at radius 2 is 1.69 bits per heavy atom. The van der Waals surface area contributed by atoms with E-state index in [1.165, 1.54) is 37.0 Å². The third-order valence-corrected chi connectivity index (χ3v) is 8.15. The fraction of sp³-hybridized carbons (Fsp3) is 0.471. The summed E-state index contributed by atoms with van der Waals surface area (Å²) in [6, 6.07) is 17.5. The molecule has 1 saturated carbocycles. The fourth-order valence-corrected chi connectivity index (χ4v) is 6.00. The van der Waals surface area contributed by atoms with Crippen LogP contribution in [0.25, 0.3) is 22.2 Å². The van der Waals surface area contributed by atoms with E-state index in [9.17, 15) is 14.4 Å². The van der Waals surface area contributed by atoms with Gasteiger partial charge in [0.05, 0.1) is 16.8 Å². The molecule has 1 aromatic heterocycles. The fourth-order valence-electron chi connectivity index (χ4n) is 6.00. The van der Waals surface area contributed by atoms with E-state index in [0.29, 0.717) is 42.4 Å². The summed E-state index contributed by atoms with van der Waals surface area (Å²) in [4.78, 5) is 48.2. The molecule has 0 radical (unpaired) electrons. The van der Waals surface area contributed by atoms with E-state index >= 15 is 0 Å². The second-order valence-corrected chi connectivity index (χ2v) is 12.5. The molecule has 3 amide bonds. The van der Waals surface area contributed by atoms with Crippen LogP contribution in [0.4, 0.5) is 4.79 Å². The van der Waals surface area contributed by atoms with Crippen molar-refractivity contribution >= 4 is 28.8 Å². The van der Waals surface area contributed by atoms with Crippen LogP contribution in [-0.2, 0) is 16.1 Å². The number of hydrogen-bond acceptors (Lipinski definition) is 5. The molecule has 5 rings (SSSR count). The van der Waals surface area contributed by atoms with Crippen molar-refractivity contribution in [2.75, 3.05) is 26.2 Å². The first-order valence-electron chi connectivity index (χ1n) is 15.2. The van der Waals surface area contributed by atoms with Crippen molar-refractivity contribution in [2.45, 2.75) is 71.4 Å². The zero-order valence-corrected chi connectivity index (χ0v) is 25.0. The highest BCUT2D eigenvalue weighted by molar-refractivity contribution is 6.09. The molecular formula is C34H42N4O4. The molecule has 1 N–H and O–H groups in total. The average molecular weight is 571 g/mol. The molecule has 0 spiro atoms. The third kappa shape index (κ3) is 7.09. The monoisotopic (exact) mass is 570 g/mol. The van der Waals surface area contributed by atoms with Gasteiger partial charge in [-0.05, 0) is 39.2 Å². The number of hydrogen-bond donors (Lipinski definition) is 1. The number of aromatic nitrogens is 1. The topological polar surface area (TPSA) is 91.8 Å². The lowest BCUT2D eigenvalue weighted by Gasteiger charge is -2.35. The Balaban J connectivity index is 1.46. The summed E-state index contributed by atoms with van der Waals surface area (Å²) < 4.78 is 5.49. The molecule has 222 valence electrons. The lowest BCUT2D eigenvalue weighted by Crippen LogP contribution is -2.53. The Morgan fingerprint density at radius 1 is 0.976 bits per heavy atom. The number of fused-ring (bicyclic) bond motifs is 1. The number of benzene rings is 2. The summed E-state index contributed by atoms with van der Waals surface area (Å²) in [6.07, 6.45) is 6.79. The molecule has 0 bridgehead atoms. The number of carbonyl (C=O) groups is 3. The minimum atomic E-state index is -0.641. The summed E-state index contributed by atoms with van der Waals surface area (Å²) in [7, 11) is 0. The Hall–Kier alpha value is -3.94. The predicted octanol–water partition coefficient (Wildman–Crippen LogP) is 6.18. The Kier molecular flexibility index (Phi) is 9.09. The van der Waals surface area contributed by atoms with Gasteiger partial charge in [-0.3, -0.25) is 14.5 Å². The van der Waals surface area contributed by atoms with Gasteiger partial charge in [-0.25, -0.2) is 9.78 Å². The van der Waals surface area contributed by atoms with E-state index in [4.69, 9.17) is 9.72 Å². The van der Waals surface area contributed by atoms with E-state index in [0.717, 1.165) is 22.9 Å². The quantitative estimate of drug-likeness (QED) is 0.366. The second kappa shape index (κ2) is 12.9. The number of nitrogens with one attached hydrogen (secondary N) is 1. The van der Waals surface area contributed by atoms with Gasteiger partial charge in [0.25, 0.3) is 5.91 Å². The Bertz CT molecular complexity index is 1430. The maximum Gasteiger partial charge on any atom is 0.410 e. The van der Waals surface area contributed by atoms with Gasteiger partial charge in [0.15, 0.2) is 0 Å². The number of para-hydroxylation sites is 1. The molecule has 0 unspecified atom stereocenters. The number of pyridine rings is 1. The minimum Gasteiger partial charge on any atom is -0.444 e. The largest absolute Gasteiger partial charge is 0.444 e. The molecule has 8 heteroatoms. The molecule has 3 aromatic rings. The van der Waals surface area contributed by atoms with E-state index in [1.807, 2.05) is 75.4 Å². The summed E-state index contributed by atoms with van der Waals surface area (Å²) >= 11 is 0. The third-order valence-electron chi connectivity index (χ3n) is 8.15. The Labute approximate surface area is 248 Å². The number of ether oxygens (including phenoxy) is 1. The molecule has 42 heavy (non-hydrogen) atoms. The highest BCUT2D eigenvalue weighted by Crippen LogP contribution is 2.32. The van der Waals surface area contributed by atoms with Crippen LogP contribution in [0.1, 0.15) is 75.2 Å². The predicted molar refractivity (Wildman–Crippen MR) is 164 cm³/mol. The van der Waals surface area contributed by atoms with Crippen molar-refractivity contribution in [1.82, 2.24) is 20.1 Å². The zero-order valence-electron chi connectivity index (χ0n) is 25.0. The van der Waals surface area contributed by atoms with Gasteiger partial charge >= 0.3 is 6.09 Å². The van der Waals surface area contributed by atoms with E-state index in [1.54, 1.807) is 4.90 Å². The number of rotatable bonds is 7. The molecule has 2 heterocycles. The highest BCUT2D eigenvalue weighted by atomic mass is 16.6. The highest BCUT2D eigenvalue weighted by Gasteiger charge is 2.32. The number of piperazine rings is 1. The van der Waals surface area contributed by atoms with Gasteiger partial charge in [-0.15, -0.1) is 0 Å². The normalized spacial score (nSPS) is 16.5. The van der Waals surface area contributed by atoms with Gasteiger partial charge in [-0.2, -0.15) is 0 Å². The van der Waals surface area contributed by atoms with Crippen LogP contribution in [0, 0.1) is 5.92 Å². The molecule has 1 aliphatic heterocycles. The molecule has 1 aliphatic carbocycles. The van der Waals surface area contributed by atoms with Crippen LogP contribution in [0.5, 0.6) is 0 Å². The summed E-state index contributed by atoms with van der Waals surface area (Å²) in [5.74, 6) is 0.325. The van der Waals surface area contributed by atoms with Gasteiger partial charge in [0.1, 0.15) is 12.1 Å². The van der Waals surface area contributed by atoms with Crippen LogP contribution in [0.2, 0.25) is 0 Å². The molecule has 0 atom stereocenters. The first kappa shape index (κ1) is 29.5. The van der Waals surface area contributed by atoms with Crippen LogP contribution in [0.15, 0.2) is 54.6 Å². The van der Waals surface area contributed by atoms with Crippen LogP contribution in [-0.4, -0.2) is 64.5 Å². The van der Waals surface area contributed by atoms with Crippen molar-refractivity contribution < 1.29 is 19.1 Å². The van der Waals surface area contributed by atoms with Crippen molar-refractivity contribution in [3.05, 3.63) is 65.7 Å². The van der Waals surface area contributed by atoms with Crippen molar-refractivity contribution in [2.24, 2.45) is 5.92 Å². The average Bonchev–Trinajstić information content (AvgIpc) is 2.97. The first-order valence-corrected chi connectivity index (χ1v) is 15.2. The summed E-state index contributed by atoms with van der Waals surface area (Å²) in [5, 5.41) is 3.98. The standard InChI is InChI=1S/C34H42N4O4/c1-34(2,3)42-33(41)38-21-20-37(29(39)23-38)22-27-30(32(40)35-19-18-24-12-6-4-7-13-24)26-16-10-11-17-28(26)36-31(27)25-14-8-5-9-15-25/h5,8-11,14-17,24H,4,6-7,12-13,18-23H2,1-3H3,(H,35,40). The molecule has 1 saturated heterocycles. The SMILES string of the molecule is CC(C)(C)OC(=O)N1CCN(Cc2c(-c3ccccc3)nc3ccccc3c2C(=O)NCCC2CCCCC2)C(=O)C1. The van der Waals surface area contributed by atoms with E-state index < -0.39 is 11.7 Å². The Morgan fingerprint density at radius 3 is 2.40 bits per heavy atom. The van der Waals surface area contributed by atoms with Gasteiger partial charge in [-0.1, -0.05) is 80.6 Å². The maximum absolute atomic E-state index is 14.0. The van der Waals surface area contributed by atoms with Crippen LogP contribution >= 0.6 is 0 Å². The number of carbonyl (C=O) groups excluding carboxylic acids is 3. The van der Waals surface area contributed by atoms with Crippen molar-refractivity contribution in [1.29, 1.82) is 0 Å². The number of nitrogens with zero attached hydrogens (tertiary/aromatic N) is 3. The molecular weight excluding hydrogens is 528 g/mol. The van der Waals surface area contributed by atoms with Crippen LogP contribution in [0.3, 0.4) is 0 Å². The molecule has 8 nitrogen and oxygen atoms in total. The molecule has 2 fully saturated rings. The molecule has 2 aliphatic rings.